The number of hydrazine groups is 1. The summed E-state index contributed by atoms with van der Waals surface area (Å²) in [5.41, 5.74) is -0.161. The van der Waals surface area contributed by atoms with E-state index in [9.17, 15) is 9.90 Å². The molecule has 0 spiro atoms. The van der Waals surface area contributed by atoms with Crippen LogP contribution in [0.3, 0.4) is 0 Å². The van der Waals surface area contributed by atoms with Crippen molar-refractivity contribution < 1.29 is 9.90 Å². The Balaban J connectivity index is 2.61. The van der Waals surface area contributed by atoms with Gasteiger partial charge in [-0.2, -0.15) is 5.01 Å². The number of hydrogen-bond acceptors (Lipinski definition) is 3. The first-order valence-electron chi connectivity index (χ1n) is 6.54. The first-order valence-corrected chi connectivity index (χ1v) is 6.54. The average Bonchev–Trinajstić information content (AvgIpc) is 2.68. The topological polar surface area (TPSA) is 48.7 Å². The number of rotatable bonds is 0. The number of fused-ring (bicyclic) bond motifs is 1. The molecule has 0 radical (unpaired) electrons. The first kappa shape index (κ1) is 14.1. The summed E-state index contributed by atoms with van der Waals surface area (Å²) in [6.07, 6.45) is 0.867. The minimum Gasteiger partial charge on any atom is -0.371 e. The largest absolute Gasteiger partial charge is 0.371 e. The van der Waals surface area contributed by atoms with Crippen molar-refractivity contribution in [3.63, 3.8) is 0 Å². The van der Waals surface area contributed by atoms with E-state index in [1.54, 1.807) is 28.3 Å². The van der Waals surface area contributed by atoms with Gasteiger partial charge in [0, 0.05) is 11.7 Å². The molecule has 0 fully saturated rings. The molecule has 1 N–H and O–H groups in total. The molecule has 1 aliphatic heterocycles. The third kappa shape index (κ3) is 2.17. The van der Waals surface area contributed by atoms with Gasteiger partial charge in [-0.3, -0.25) is 4.57 Å². The van der Waals surface area contributed by atoms with E-state index in [2.05, 4.69) is 0 Å². The predicted molar refractivity (Wildman–Crippen MR) is 73.4 cm³/mol. The average molecular weight is 265 g/mol. The molecule has 0 bridgehead atoms. The molecule has 1 amide bonds. The smallest absolute Gasteiger partial charge is 0.343 e. The third-order valence-corrected chi connectivity index (χ3v) is 3.20. The van der Waals surface area contributed by atoms with E-state index >= 15 is 0 Å². The molecule has 1 aromatic rings. The van der Waals surface area contributed by atoms with Gasteiger partial charge in [-0.1, -0.05) is 0 Å². The van der Waals surface area contributed by atoms with Crippen LogP contribution in [0, 0.1) is 0 Å². The molecule has 0 saturated carbocycles. The SMILES string of the molecule is CC(C)(C)N1C(=O)n2cccc2C(O)N1C(C)(C)C. The standard InChI is InChI=1S/C14H23N3O2/c1-13(2,3)16-11(18)10-8-7-9-15(10)12(19)17(16)14(4,5)6/h7-9,11,18H,1-6H3. The van der Waals surface area contributed by atoms with Crippen LogP contribution in [-0.4, -0.2) is 36.8 Å². The highest BCUT2D eigenvalue weighted by molar-refractivity contribution is 5.79. The number of nitrogens with zero attached hydrogens (tertiary/aromatic N) is 3. The molecule has 106 valence electrons. The molecular formula is C14H23N3O2. The van der Waals surface area contributed by atoms with Crippen molar-refractivity contribution in [3.05, 3.63) is 24.0 Å². The van der Waals surface area contributed by atoms with E-state index in [4.69, 9.17) is 0 Å². The summed E-state index contributed by atoms with van der Waals surface area (Å²) in [6, 6.07) is 3.43. The van der Waals surface area contributed by atoms with E-state index in [1.165, 1.54) is 4.57 Å². The quantitative estimate of drug-likeness (QED) is 0.784. The van der Waals surface area contributed by atoms with Gasteiger partial charge in [0.25, 0.3) is 0 Å². The Morgan fingerprint density at radius 2 is 1.68 bits per heavy atom. The van der Waals surface area contributed by atoms with Crippen LogP contribution in [-0.2, 0) is 0 Å². The second kappa shape index (κ2) is 4.08. The van der Waals surface area contributed by atoms with Crippen molar-refractivity contribution in [1.82, 2.24) is 14.6 Å². The normalized spacial score (nSPS) is 21.7. The Kier molecular flexibility index (Phi) is 3.03. The maximum absolute atomic E-state index is 12.7. The van der Waals surface area contributed by atoms with Crippen LogP contribution < -0.4 is 0 Å². The fraction of sp³-hybridized carbons (Fsp3) is 0.643. The number of amides is 1. The second-order valence-corrected chi connectivity index (χ2v) is 6.96. The lowest BCUT2D eigenvalue weighted by molar-refractivity contribution is -0.206. The Hall–Kier alpha value is -1.33. The highest BCUT2D eigenvalue weighted by atomic mass is 16.3. The van der Waals surface area contributed by atoms with Crippen LogP contribution in [0.4, 0.5) is 4.79 Å². The number of carbonyl (C=O) groups is 1. The zero-order valence-electron chi connectivity index (χ0n) is 12.5. The van der Waals surface area contributed by atoms with Crippen molar-refractivity contribution in [2.45, 2.75) is 58.8 Å². The van der Waals surface area contributed by atoms with Gasteiger partial charge in [-0.05, 0) is 53.7 Å². The molecule has 1 unspecified atom stereocenters. The van der Waals surface area contributed by atoms with Crippen LogP contribution in [0.15, 0.2) is 18.3 Å². The number of aliphatic hydroxyl groups excluding tert-OH is 1. The lowest BCUT2D eigenvalue weighted by Gasteiger charge is -2.53. The van der Waals surface area contributed by atoms with Gasteiger partial charge in [-0.15, -0.1) is 0 Å². The lowest BCUT2D eigenvalue weighted by Crippen LogP contribution is -2.66. The number of hydrogen-bond donors (Lipinski definition) is 1. The van der Waals surface area contributed by atoms with E-state index in [0.29, 0.717) is 5.69 Å². The summed E-state index contributed by atoms with van der Waals surface area (Å²) >= 11 is 0. The maximum atomic E-state index is 12.7. The Morgan fingerprint density at radius 1 is 1.11 bits per heavy atom. The summed E-state index contributed by atoms with van der Waals surface area (Å²) < 4.78 is 1.51. The molecule has 5 nitrogen and oxygen atoms in total. The highest BCUT2D eigenvalue weighted by Crippen LogP contribution is 2.36. The molecule has 19 heavy (non-hydrogen) atoms. The highest BCUT2D eigenvalue weighted by Gasteiger charge is 2.46. The molecule has 2 heterocycles. The van der Waals surface area contributed by atoms with Crippen molar-refractivity contribution in [2.24, 2.45) is 0 Å². The number of carbonyl (C=O) groups excluding carboxylic acids is 1. The fourth-order valence-electron chi connectivity index (χ4n) is 2.48. The summed E-state index contributed by atoms with van der Waals surface area (Å²) in [6.45, 7) is 11.9. The minimum absolute atomic E-state index is 0.132. The molecule has 0 aliphatic carbocycles. The summed E-state index contributed by atoms with van der Waals surface area (Å²) in [4.78, 5) is 12.7. The predicted octanol–water partition coefficient (Wildman–Crippen LogP) is 2.58. The Labute approximate surface area is 114 Å². The molecule has 1 aromatic heterocycles. The first-order chi connectivity index (χ1) is 8.55. The molecule has 5 heteroatoms. The van der Waals surface area contributed by atoms with Crippen LogP contribution in [0.5, 0.6) is 0 Å². The van der Waals surface area contributed by atoms with E-state index in [0.717, 1.165) is 0 Å². The fourth-order valence-corrected chi connectivity index (χ4v) is 2.48. The summed E-state index contributed by atoms with van der Waals surface area (Å²) in [7, 11) is 0. The minimum atomic E-state index is -0.827. The van der Waals surface area contributed by atoms with Crippen LogP contribution in [0.25, 0.3) is 0 Å². The molecular weight excluding hydrogens is 242 g/mol. The molecule has 0 aromatic carbocycles. The van der Waals surface area contributed by atoms with Gasteiger partial charge in [0.05, 0.1) is 11.2 Å². The number of aromatic nitrogens is 1. The van der Waals surface area contributed by atoms with Gasteiger partial charge in [0.1, 0.15) is 0 Å². The van der Waals surface area contributed by atoms with Gasteiger partial charge in [0.15, 0.2) is 6.23 Å². The van der Waals surface area contributed by atoms with Crippen molar-refractivity contribution in [2.75, 3.05) is 0 Å². The zero-order valence-corrected chi connectivity index (χ0v) is 12.5. The van der Waals surface area contributed by atoms with Gasteiger partial charge in [-0.25, -0.2) is 9.80 Å². The van der Waals surface area contributed by atoms with Crippen molar-refractivity contribution in [1.29, 1.82) is 0 Å². The maximum Gasteiger partial charge on any atom is 0.343 e. The second-order valence-electron chi connectivity index (χ2n) is 6.96. The van der Waals surface area contributed by atoms with E-state index in [1.807, 2.05) is 41.5 Å². The van der Waals surface area contributed by atoms with Gasteiger partial charge >= 0.3 is 6.03 Å². The molecule has 2 rings (SSSR count). The Bertz CT molecular complexity index is 494. The third-order valence-electron chi connectivity index (χ3n) is 3.20. The summed E-state index contributed by atoms with van der Waals surface area (Å²) in [5.74, 6) is 0. The van der Waals surface area contributed by atoms with E-state index < -0.39 is 11.8 Å². The van der Waals surface area contributed by atoms with Gasteiger partial charge < -0.3 is 5.11 Å². The zero-order chi connectivity index (χ0) is 14.6. The molecule has 0 saturated heterocycles. The molecule has 1 aliphatic rings. The van der Waals surface area contributed by atoms with Crippen LogP contribution in [0.1, 0.15) is 53.5 Å². The van der Waals surface area contributed by atoms with Crippen LogP contribution >= 0.6 is 0 Å². The van der Waals surface area contributed by atoms with Crippen molar-refractivity contribution >= 4 is 6.03 Å². The van der Waals surface area contributed by atoms with E-state index in [-0.39, 0.29) is 11.6 Å². The van der Waals surface area contributed by atoms with Crippen molar-refractivity contribution in [3.8, 4) is 0 Å². The van der Waals surface area contributed by atoms with Gasteiger partial charge in [0.2, 0.25) is 0 Å². The lowest BCUT2D eigenvalue weighted by atomic mass is 10.0. The van der Waals surface area contributed by atoms with Crippen LogP contribution in [0.2, 0.25) is 0 Å². The summed E-state index contributed by atoms with van der Waals surface area (Å²) in [5, 5.41) is 14.0. The molecule has 1 atom stereocenters. The number of aliphatic hydroxyl groups is 1. The monoisotopic (exact) mass is 265 g/mol. The Morgan fingerprint density at radius 3 is 2.16 bits per heavy atom.